The van der Waals surface area contributed by atoms with Gasteiger partial charge in [0.1, 0.15) is 0 Å². The van der Waals surface area contributed by atoms with Crippen LogP contribution in [-0.2, 0) is 9.47 Å². The van der Waals surface area contributed by atoms with E-state index in [2.05, 4.69) is 66.2 Å². The highest BCUT2D eigenvalue weighted by molar-refractivity contribution is 4.96. The lowest BCUT2D eigenvalue weighted by Gasteiger charge is -2.37. The number of hydrogen-bond acceptors (Lipinski definition) is 2. The molecule has 0 aromatic carbocycles. The molecule has 0 spiro atoms. The molecule has 0 bridgehead atoms. The summed E-state index contributed by atoms with van der Waals surface area (Å²) in [5.41, 5.74) is 0. The molecule has 1 saturated carbocycles. The van der Waals surface area contributed by atoms with Crippen molar-refractivity contribution in [3.63, 3.8) is 0 Å². The standard InChI is InChI=1S/C45H86NO2.ClH/c1-7-9-11-13-15-17-19-21-23-24-26-28-30-32-34-36-38-45(47-43-39-42(46(4,5)6)40-44(43)48-45)41(3)37-35-33-31-29-27-25-22-20-18-16-14-12-10-8-2;/h15,17,21,23,41-44H,7-14,16,18-20,22,24-40H2,1-6H3;1H/q+1;/p-1/b17-15-,23-21-;/t41?,42?,43-,44+,45?;. The van der Waals surface area contributed by atoms with E-state index in [0.29, 0.717) is 24.2 Å². The molecule has 290 valence electrons. The number of hydrogen-bond donors (Lipinski definition) is 0. The SMILES string of the molecule is CCCCC/C=C\C/C=C\CCCCCCCCC1(C(C)CCCCCCCCCCCCCCCC)O[C@H]2CC([N+](C)(C)C)C[C@H]2O1.[Cl-]. The first-order valence-corrected chi connectivity index (χ1v) is 21.8. The number of rotatable bonds is 32. The van der Waals surface area contributed by atoms with E-state index >= 15 is 0 Å². The third kappa shape index (κ3) is 21.1. The first-order valence-electron chi connectivity index (χ1n) is 21.8. The van der Waals surface area contributed by atoms with Crippen LogP contribution in [0, 0.1) is 5.92 Å². The molecule has 3 nitrogen and oxygen atoms in total. The maximum Gasteiger partial charge on any atom is 0.171 e. The first-order chi connectivity index (χ1) is 23.3. The van der Waals surface area contributed by atoms with Crippen molar-refractivity contribution in [2.45, 2.75) is 237 Å². The smallest absolute Gasteiger partial charge is 0.171 e. The number of fused-ring (bicyclic) bond motifs is 1. The van der Waals surface area contributed by atoms with Crippen molar-refractivity contribution in [2.75, 3.05) is 21.1 Å². The molecule has 5 atom stereocenters. The predicted octanol–water partition coefficient (Wildman–Crippen LogP) is 11.1. The normalized spacial score (nSPS) is 23.1. The number of ether oxygens (including phenoxy) is 2. The summed E-state index contributed by atoms with van der Waals surface area (Å²) in [5, 5.41) is 0. The number of unbranched alkanes of at least 4 members (excludes halogenated alkanes) is 22. The van der Waals surface area contributed by atoms with Gasteiger partial charge >= 0.3 is 0 Å². The summed E-state index contributed by atoms with van der Waals surface area (Å²) in [5.74, 6) is 0.151. The van der Waals surface area contributed by atoms with Crippen LogP contribution in [0.25, 0.3) is 0 Å². The van der Waals surface area contributed by atoms with E-state index in [1.165, 1.54) is 167 Å². The molecule has 1 aliphatic carbocycles. The first kappa shape index (κ1) is 46.7. The van der Waals surface area contributed by atoms with E-state index in [1.54, 1.807) is 0 Å². The van der Waals surface area contributed by atoms with E-state index in [1.807, 2.05) is 0 Å². The Morgan fingerprint density at radius 1 is 0.551 bits per heavy atom. The second kappa shape index (κ2) is 29.1. The zero-order valence-electron chi connectivity index (χ0n) is 34.0. The van der Waals surface area contributed by atoms with Crippen molar-refractivity contribution in [1.82, 2.24) is 0 Å². The molecule has 2 aliphatic rings. The fourth-order valence-corrected chi connectivity index (χ4v) is 8.18. The molecular formula is C45H86ClNO2. The second-order valence-corrected chi connectivity index (χ2v) is 17.0. The third-order valence-electron chi connectivity index (χ3n) is 11.7. The Balaban J connectivity index is 0.0000120. The van der Waals surface area contributed by atoms with Gasteiger partial charge in [-0.3, -0.25) is 0 Å². The van der Waals surface area contributed by atoms with E-state index in [0.717, 1.165) is 30.2 Å². The van der Waals surface area contributed by atoms with Crippen LogP contribution in [0.15, 0.2) is 24.3 Å². The molecule has 0 N–H and O–H groups in total. The predicted molar refractivity (Wildman–Crippen MR) is 212 cm³/mol. The Hall–Kier alpha value is -0.350. The van der Waals surface area contributed by atoms with E-state index in [-0.39, 0.29) is 18.2 Å². The molecule has 4 heteroatoms. The van der Waals surface area contributed by atoms with E-state index < -0.39 is 0 Å². The number of allylic oxidation sites excluding steroid dienone is 4. The van der Waals surface area contributed by atoms with Gasteiger partial charge in [-0.15, -0.1) is 0 Å². The van der Waals surface area contributed by atoms with Gasteiger partial charge in [-0.25, -0.2) is 0 Å². The van der Waals surface area contributed by atoms with Crippen LogP contribution in [0.2, 0.25) is 0 Å². The van der Waals surface area contributed by atoms with Gasteiger partial charge in [0.25, 0.3) is 0 Å². The van der Waals surface area contributed by atoms with Crippen molar-refractivity contribution in [3.8, 4) is 0 Å². The van der Waals surface area contributed by atoms with Gasteiger partial charge in [-0.1, -0.05) is 173 Å². The van der Waals surface area contributed by atoms with Crippen molar-refractivity contribution in [3.05, 3.63) is 24.3 Å². The average Bonchev–Trinajstić information content (AvgIpc) is 3.62. The maximum atomic E-state index is 7.01. The van der Waals surface area contributed by atoms with Crippen LogP contribution in [0.3, 0.4) is 0 Å². The Morgan fingerprint density at radius 2 is 0.939 bits per heavy atom. The largest absolute Gasteiger partial charge is 1.00 e. The highest BCUT2D eigenvalue weighted by Gasteiger charge is 2.55. The minimum Gasteiger partial charge on any atom is -1.00 e. The lowest BCUT2D eigenvalue weighted by atomic mass is 9.89. The molecule has 2 fully saturated rings. The molecule has 0 amide bonds. The zero-order valence-corrected chi connectivity index (χ0v) is 34.7. The van der Waals surface area contributed by atoms with Crippen molar-refractivity contribution < 1.29 is 26.4 Å². The van der Waals surface area contributed by atoms with E-state index in [9.17, 15) is 0 Å². The van der Waals surface area contributed by atoms with Gasteiger partial charge in [0.2, 0.25) is 0 Å². The summed E-state index contributed by atoms with van der Waals surface area (Å²) in [6.45, 7) is 7.02. The molecule has 0 aromatic rings. The lowest BCUT2D eigenvalue weighted by molar-refractivity contribution is -0.895. The van der Waals surface area contributed by atoms with Crippen LogP contribution >= 0.6 is 0 Å². The summed E-state index contributed by atoms with van der Waals surface area (Å²) < 4.78 is 15.0. The van der Waals surface area contributed by atoms with Crippen LogP contribution in [0.1, 0.15) is 213 Å². The molecule has 1 saturated heterocycles. The fourth-order valence-electron chi connectivity index (χ4n) is 8.18. The Bertz CT molecular complexity index is 790. The molecule has 0 aromatic heterocycles. The van der Waals surface area contributed by atoms with Crippen molar-refractivity contribution in [1.29, 1.82) is 0 Å². The Kier molecular flexibility index (Phi) is 27.8. The topological polar surface area (TPSA) is 18.5 Å². The molecule has 1 aliphatic heterocycles. The minimum absolute atomic E-state index is 0. The zero-order chi connectivity index (χ0) is 34.8. The molecule has 49 heavy (non-hydrogen) atoms. The fraction of sp³-hybridized carbons (Fsp3) is 0.911. The van der Waals surface area contributed by atoms with Crippen LogP contribution in [0.5, 0.6) is 0 Å². The highest BCUT2D eigenvalue weighted by atomic mass is 35.5. The minimum atomic E-state index is -0.336. The molecule has 2 rings (SSSR count). The second-order valence-electron chi connectivity index (χ2n) is 17.0. The number of nitrogens with zero attached hydrogens (tertiary/aromatic N) is 1. The summed E-state index contributed by atoms with van der Waals surface area (Å²) in [4.78, 5) is 0. The van der Waals surface area contributed by atoms with Crippen LogP contribution in [0.4, 0.5) is 0 Å². The quantitative estimate of drug-likeness (QED) is 0.0394. The van der Waals surface area contributed by atoms with Gasteiger partial charge in [0.15, 0.2) is 5.79 Å². The maximum absolute atomic E-state index is 7.01. The monoisotopic (exact) mass is 708 g/mol. The van der Waals surface area contributed by atoms with E-state index in [4.69, 9.17) is 9.47 Å². The molecule has 1 heterocycles. The van der Waals surface area contributed by atoms with Gasteiger partial charge in [-0.2, -0.15) is 0 Å². The van der Waals surface area contributed by atoms with Crippen LogP contribution in [-0.4, -0.2) is 49.7 Å². The van der Waals surface area contributed by atoms with Gasteiger partial charge in [0, 0.05) is 25.2 Å². The van der Waals surface area contributed by atoms with Gasteiger partial charge in [0.05, 0.1) is 39.4 Å². The van der Waals surface area contributed by atoms with Crippen molar-refractivity contribution >= 4 is 0 Å². The number of halogens is 1. The summed E-state index contributed by atoms with van der Waals surface area (Å²) in [6.07, 6.45) is 50.2. The molecular weight excluding hydrogens is 622 g/mol. The number of quaternary nitrogens is 1. The summed E-state index contributed by atoms with van der Waals surface area (Å²) in [6, 6.07) is 0.654. The van der Waals surface area contributed by atoms with Gasteiger partial charge in [-0.05, 0) is 44.9 Å². The highest BCUT2D eigenvalue weighted by Crippen LogP contribution is 2.47. The summed E-state index contributed by atoms with van der Waals surface area (Å²) >= 11 is 0. The molecule has 0 radical (unpaired) electrons. The average molecular weight is 709 g/mol. The lowest BCUT2D eigenvalue weighted by Crippen LogP contribution is -3.00. The summed E-state index contributed by atoms with van der Waals surface area (Å²) in [7, 11) is 7.00. The Labute approximate surface area is 314 Å². The Morgan fingerprint density at radius 3 is 1.41 bits per heavy atom. The third-order valence-corrected chi connectivity index (χ3v) is 11.7. The van der Waals surface area contributed by atoms with Crippen molar-refractivity contribution in [2.24, 2.45) is 5.92 Å². The van der Waals surface area contributed by atoms with Crippen LogP contribution < -0.4 is 12.4 Å². The molecule has 3 unspecified atom stereocenters. The van der Waals surface area contributed by atoms with Gasteiger partial charge < -0.3 is 26.4 Å².